The minimum absolute atomic E-state index is 0.329. The highest BCUT2D eigenvalue weighted by molar-refractivity contribution is 5.17. The molecule has 0 aliphatic rings. The van der Waals surface area contributed by atoms with E-state index in [1.54, 1.807) is 0 Å². The van der Waals surface area contributed by atoms with Crippen LogP contribution in [0, 0.1) is 5.82 Å². The SMILES string of the molecule is C[C@@H](F)c1ccc(F)cc1. The quantitative estimate of drug-likeness (QED) is 0.565. The van der Waals surface area contributed by atoms with E-state index >= 15 is 0 Å². The Bertz CT molecular complexity index is 201. The molecule has 0 nitrogen and oxygen atoms in total. The Hall–Kier alpha value is -0.920. The minimum atomic E-state index is -1.01. The molecule has 0 unspecified atom stereocenters. The lowest BCUT2D eigenvalue weighted by atomic mass is 10.1. The molecule has 0 N–H and O–H groups in total. The van der Waals surface area contributed by atoms with Crippen LogP contribution in [0.3, 0.4) is 0 Å². The molecule has 0 amide bonds. The molecule has 1 rings (SSSR count). The maximum Gasteiger partial charge on any atom is 0.123 e. The fraction of sp³-hybridized carbons (Fsp3) is 0.250. The highest BCUT2D eigenvalue weighted by Crippen LogP contribution is 2.15. The summed E-state index contributed by atoms with van der Waals surface area (Å²) >= 11 is 0. The number of hydrogen-bond donors (Lipinski definition) is 0. The van der Waals surface area contributed by atoms with Gasteiger partial charge in [0.25, 0.3) is 0 Å². The van der Waals surface area contributed by atoms with Crippen molar-refractivity contribution in [3.63, 3.8) is 0 Å². The van der Waals surface area contributed by atoms with Gasteiger partial charge in [0.15, 0.2) is 0 Å². The van der Waals surface area contributed by atoms with E-state index in [4.69, 9.17) is 0 Å². The first-order chi connectivity index (χ1) is 4.70. The second-order valence-corrected chi connectivity index (χ2v) is 2.17. The molecule has 1 aromatic rings. The van der Waals surface area contributed by atoms with Crippen molar-refractivity contribution in [2.75, 3.05) is 0 Å². The third kappa shape index (κ3) is 1.53. The maximum atomic E-state index is 12.4. The van der Waals surface area contributed by atoms with Gasteiger partial charge in [0, 0.05) is 0 Å². The topological polar surface area (TPSA) is 0 Å². The lowest BCUT2D eigenvalue weighted by Crippen LogP contribution is -1.84. The number of benzene rings is 1. The van der Waals surface area contributed by atoms with E-state index in [-0.39, 0.29) is 5.82 Å². The van der Waals surface area contributed by atoms with Crippen LogP contribution in [0.5, 0.6) is 0 Å². The largest absolute Gasteiger partial charge is 0.243 e. The molecular formula is C8H8F2. The maximum absolute atomic E-state index is 12.4. The molecule has 54 valence electrons. The molecule has 0 spiro atoms. The van der Waals surface area contributed by atoms with Crippen molar-refractivity contribution in [1.82, 2.24) is 0 Å². The van der Waals surface area contributed by atoms with Crippen LogP contribution in [0.25, 0.3) is 0 Å². The zero-order chi connectivity index (χ0) is 7.56. The Kier molecular flexibility index (Phi) is 2.00. The summed E-state index contributed by atoms with van der Waals surface area (Å²) in [5.74, 6) is -0.329. The highest BCUT2D eigenvalue weighted by atomic mass is 19.1. The fourth-order valence-electron chi connectivity index (χ4n) is 0.728. The van der Waals surface area contributed by atoms with Crippen LogP contribution < -0.4 is 0 Å². The Morgan fingerprint density at radius 1 is 1.20 bits per heavy atom. The predicted molar refractivity (Wildman–Crippen MR) is 35.9 cm³/mol. The Morgan fingerprint density at radius 2 is 1.70 bits per heavy atom. The van der Waals surface area contributed by atoms with Crippen molar-refractivity contribution >= 4 is 0 Å². The van der Waals surface area contributed by atoms with Crippen molar-refractivity contribution in [3.05, 3.63) is 35.6 Å². The molecule has 0 aliphatic carbocycles. The Labute approximate surface area is 58.5 Å². The van der Waals surface area contributed by atoms with Crippen LogP contribution in [-0.4, -0.2) is 0 Å². The van der Waals surface area contributed by atoms with Gasteiger partial charge in [-0.2, -0.15) is 0 Å². The first-order valence-corrected chi connectivity index (χ1v) is 3.09. The first-order valence-electron chi connectivity index (χ1n) is 3.09. The average Bonchev–Trinajstić information content (AvgIpc) is 1.88. The van der Waals surface area contributed by atoms with Crippen molar-refractivity contribution in [2.24, 2.45) is 0 Å². The van der Waals surface area contributed by atoms with Crippen molar-refractivity contribution in [2.45, 2.75) is 13.1 Å². The summed E-state index contributed by atoms with van der Waals surface area (Å²) in [6.45, 7) is 1.42. The second kappa shape index (κ2) is 2.78. The number of alkyl halides is 1. The summed E-state index contributed by atoms with van der Waals surface area (Å²) < 4.78 is 24.7. The first kappa shape index (κ1) is 7.19. The molecule has 0 bridgehead atoms. The zero-order valence-electron chi connectivity index (χ0n) is 5.64. The van der Waals surface area contributed by atoms with Crippen LogP contribution in [-0.2, 0) is 0 Å². The normalized spacial score (nSPS) is 13.1. The number of hydrogen-bond acceptors (Lipinski definition) is 0. The van der Waals surface area contributed by atoms with Gasteiger partial charge < -0.3 is 0 Å². The molecule has 0 radical (unpaired) electrons. The summed E-state index contributed by atoms with van der Waals surface area (Å²) in [7, 11) is 0. The van der Waals surface area contributed by atoms with Gasteiger partial charge in [0.1, 0.15) is 12.0 Å². The van der Waals surface area contributed by atoms with E-state index in [1.807, 2.05) is 0 Å². The lowest BCUT2D eigenvalue weighted by molar-refractivity contribution is 0.374. The molecule has 0 aromatic heterocycles. The lowest BCUT2D eigenvalue weighted by Gasteiger charge is -1.99. The molecule has 1 aromatic carbocycles. The summed E-state index contributed by atoms with van der Waals surface area (Å²) in [6.07, 6.45) is -1.01. The Balaban J connectivity index is 2.89. The monoisotopic (exact) mass is 142 g/mol. The second-order valence-electron chi connectivity index (χ2n) is 2.17. The van der Waals surface area contributed by atoms with Gasteiger partial charge in [-0.1, -0.05) is 12.1 Å². The standard InChI is InChI=1S/C8H8F2/c1-6(9)7-2-4-8(10)5-3-7/h2-6H,1H3/t6-/m1/s1. The van der Waals surface area contributed by atoms with E-state index in [1.165, 1.54) is 31.2 Å². The molecule has 0 fully saturated rings. The van der Waals surface area contributed by atoms with Crippen LogP contribution in [0.2, 0.25) is 0 Å². The predicted octanol–water partition coefficient (Wildman–Crippen LogP) is 2.86. The summed E-state index contributed by atoms with van der Waals surface area (Å²) in [5, 5.41) is 0. The van der Waals surface area contributed by atoms with Gasteiger partial charge in [-0.3, -0.25) is 0 Å². The van der Waals surface area contributed by atoms with Crippen molar-refractivity contribution in [3.8, 4) is 0 Å². The van der Waals surface area contributed by atoms with Crippen LogP contribution >= 0.6 is 0 Å². The third-order valence-electron chi connectivity index (χ3n) is 1.33. The van der Waals surface area contributed by atoms with Crippen LogP contribution in [0.15, 0.2) is 24.3 Å². The summed E-state index contributed by atoms with van der Waals surface area (Å²) in [6, 6.07) is 5.40. The van der Waals surface area contributed by atoms with Crippen molar-refractivity contribution in [1.29, 1.82) is 0 Å². The van der Waals surface area contributed by atoms with E-state index in [2.05, 4.69) is 0 Å². The van der Waals surface area contributed by atoms with Gasteiger partial charge in [0.2, 0.25) is 0 Å². The van der Waals surface area contributed by atoms with Gasteiger partial charge in [-0.15, -0.1) is 0 Å². The molecule has 0 aliphatic heterocycles. The zero-order valence-corrected chi connectivity index (χ0v) is 5.64. The van der Waals surface area contributed by atoms with Crippen molar-refractivity contribution < 1.29 is 8.78 Å². The minimum Gasteiger partial charge on any atom is -0.243 e. The van der Waals surface area contributed by atoms with Gasteiger partial charge in [-0.05, 0) is 24.6 Å². The molecule has 0 saturated heterocycles. The summed E-state index contributed by atoms with van der Waals surface area (Å²) in [4.78, 5) is 0. The summed E-state index contributed by atoms with van der Waals surface area (Å²) in [5.41, 5.74) is 0.515. The van der Waals surface area contributed by atoms with Crippen LogP contribution in [0.1, 0.15) is 18.7 Å². The third-order valence-corrected chi connectivity index (χ3v) is 1.33. The van der Waals surface area contributed by atoms with Gasteiger partial charge >= 0.3 is 0 Å². The number of rotatable bonds is 1. The molecule has 0 saturated carbocycles. The van der Waals surface area contributed by atoms with E-state index in [9.17, 15) is 8.78 Å². The van der Waals surface area contributed by atoms with Gasteiger partial charge in [-0.25, -0.2) is 8.78 Å². The van der Waals surface area contributed by atoms with Gasteiger partial charge in [0.05, 0.1) is 0 Å². The number of halogens is 2. The highest BCUT2D eigenvalue weighted by Gasteiger charge is 2.00. The fourth-order valence-corrected chi connectivity index (χ4v) is 0.728. The smallest absolute Gasteiger partial charge is 0.123 e. The molecular weight excluding hydrogens is 134 g/mol. The molecule has 1 atom stereocenters. The van der Waals surface area contributed by atoms with E-state index in [0.717, 1.165) is 0 Å². The molecule has 2 heteroatoms. The van der Waals surface area contributed by atoms with E-state index in [0.29, 0.717) is 5.56 Å². The average molecular weight is 142 g/mol. The Morgan fingerprint density at radius 3 is 2.10 bits per heavy atom. The molecule has 0 heterocycles. The molecule has 10 heavy (non-hydrogen) atoms. The van der Waals surface area contributed by atoms with Crippen LogP contribution in [0.4, 0.5) is 8.78 Å². The van der Waals surface area contributed by atoms with E-state index < -0.39 is 6.17 Å².